The molecule has 4 heteroatoms. The summed E-state index contributed by atoms with van der Waals surface area (Å²) in [6, 6.07) is 11.2. The number of aromatic nitrogens is 1. The van der Waals surface area contributed by atoms with Crippen LogP contribution in [0.25, 0.3) is 0 Å². The van der Waals surface area contributed by atoms with Gasteiger partial charge in [-0.2, -0.15) is 0 Å². The summed E-state index contributed by atoms with van der Waals surface area (Å²) in [5.74, 6) is 0.356. The van der Waals surface area contributed by atoms with E-state index < -0.39 is 0 Å². The molecule has 3 nitrogen and oxygen atoms in total. The van der Waals surface area contributed by atoms with Crippen LogP contribution in [0.3, 0.4) is 0 Å². The standard InChI is InChI=1S/C16H17ClN2O/c1-2-13-4-3-9-18-15(13)11-19-16(20)14-7-5-12(10-17)6-8-14/h3-9H,2,10-11H2,1H3,(H,19,20). The first-order valence-electron chi connectivity index (χ1n) is 6.60. The van der Waals surface area contributed by atoms with Crippen LogP contribution in [0.5, 0.6) is 0 Å². The lowest BCUT2D eigenvalue weighted by Gasteiger charge is -2.08. The molecule has 0 atom stereocenters. The van der Waals surface area contributed by atoms with Crippen LogP contribution in [0.15, 0.2) is 42.6 Å². The van der Waals surface area contributed by atoms with E-state index in [-0.39, 0.29) is 5.91 Å². The Kier molecular flexibility index (Phi) is 5.13. The molecule has 1 N–H and O–H groups in total. The van der Waals surface area contributed by atoms with E-state index in [4.69, 9.17) is 11.6 Å². The molecule has 1 aromatic heterocycles. The van der Waals surface area contributed by atoms with Crippen LogP contribution in [0.1, 0.15) is 34.1 Å². The lowest BCUT2D eigenvalue weighted by atomic mass is 10.1. The zero-order valence-electron chi connectivity index (χ0n) is 11.4. The lowest BCUT2D eigenvalue weighted by molar-refractivity contribution is 0.0950. The average molecular weight is 289 g/mol. The van der Waals surface area contributed by atoms with E-state index >= 15 is 0 Å². The maximum atomic E-state index is 12.0. The van der Waals surface area contributed by atoms with Gasteiger partial charge in [0.05, 0.1) is 12.2 Å². The molecule has 0 saturated carbocycles. The van der Waals surface area contributed by atoms with Gasteiger partial charge in [-0.1, -0.05) is 25.1 Å². The smallest absolute Gasteiger partial charge is 0.251 e. The number of carbonyl (C=O) groups is 1. The van der Waals surface area contributed by atoms with Crippen molar-refractivity contribution >= 4 is 17.5 Å². The van der Waals surface area contributed by atoms with Crippen molar-refractivity contribution in [3.63, 3.8) is 0 Å². The Balaban J connectivity index is 2.01. The minimum atomic E-state index is -0.0983. The summed E-state index contributed by atoms with van der Waals surface area (Å²) >= 11 is 5.72. The number of aryl methyl sites for hydroxylation is 1. The van der Waals surface area contributed by atoms with Crippen LogP contribution >= 0.6 is 11.6 Å². The summed E-state index contributed by atoms with van der Waals surface area (Å²) in [6.07, 6.45) is 2.65. The van der Waals surface area contributed by atoms with Crippen molar-refractivity contribution in [1.82, 2.24) is 10.3 Å². The number of rotatable bonds is 5. The number of hydrogen-bond donors (Lipinski definition) is 1. The van der Waals surface area contributed by atoms with Crippen molar-refractivity contribution < 1.29 is 4.79 Å². The fourth-order valence-electron chi connectivity index (χ4n) is 1.96. The minimum Gasteiger partial charge on any atom is -0.346 e. The molecule has 0 aliphatic carbocycles. The molecule has 0 bridgehead atoms. The second kappa shape index (κ2) is 7.06. The zero-order valence-corrected chi connectivity index (χ0v) is 12.2. The molecular weight excluding hydrogens is 272 g/mol. The quantitative estimate of drug-likeness (QED) is 0.858. The number of carbonyl (C=O) groups excluding carboxylic acids is 1. The molecule has 0 spiro atoms. The van der Waals surface area contributed by atoms with Crippen molar-refractivity contribution in [3.05, 3.63) is 65.0 Å². The highest BCUT2D eigenvalue weighted by atomic mass is 35.5. The monoisotopic (exact) mass is 288 g/mol. The van der Waals surface area contributed by atoms with Crippen molar-refractivity contribution in [3.8, 4) is 0 Å². The third-order valence-corrected chi connectivity index (χ3v) is 3.46. The van der Waals surface area contributed by atoms with Gasteiger partial charge in [-0.25, -0.2) is 0 Å². The van der Waals surface area contributed by atoms with Gasteiger partial charge >= 0.3 is 0 Å². The SMILES string of the molecule is CCc1cccnc1CNC(=O)c1ccc(CCl)cc1. The van der Waals surface area contributed by atoms with Gasteiger partial charge in [-0.05, 0) is 35.7 Å². The molecule has 104 valence electrons. The van der Waals surface area contributed by atoms with Gasteiger partial charge in [-0.3, -0.25) is 9.78 Å². The number of nitrogens with one attached hydrogen (secondary N) is 1. The maximum Gasteiger partial charge on any atom is 0.251 e. The van der Waals surface area contributed by atoms with Crippen molar-refractivity contribution in [2.45, 2.75) is 25.8 Å². The minimum absolute atomic E-state index is 0.0983. The highest BCUT2D eigenvalue weighted by Gasteiger charge is 2.07. The first-order chi connectivity index (χ1) is 9.74. The largest absolute Gasteiger partial charge is 0.346 e. The number of nitrogens with zero attached hydrogens (tertiary/aromatic N) is 1. The Morgan fingerprint density at radius 3 is 2.65 bits per heavy atom. The number of alkyl halides is 1. The van der Waals surface area contributed by atoms with Crippen LogP contribution in [0.2, 0.25) is 0 Å². The van der Waals surface area contributed by atoms with Crippen molar-refractivity contribution in [2.24, 2.45) is 0 Å². The highest BCUT2D eigenvalue weighted by Crippen LogP contribution is 2.08. The number of benzene rings is 1. The Hall–Kier alpha value is -1.87. The highest BCUT2D eigenvalue weighted by molar-refractivity contribution is 6.17. The molecule has 2 aromatic rings. The van der Waals surface area contributed by atoms with Gasteiger partial charge in [0.15, 0.2) is 0 Å². The van der Waals surface area contributed by atoms with Gasteiger partial charge in [0, 0.05) is 17.6 Å². The van der Waals surface area contributed by atoms with Crippen LogP contribution in [-0.4, -0.2) is 10.9 Å². The van der Waals surface area contributed by atoms with Crippen LogP contribution in [-0.2, 0) is 18.8 Å². The molecule has 2 rings (SSSR count). The Morgan fingerprint density at radius 1 is 1.25 bits per heavy atom. The molecule has 1 amide bonds. The van der Waals surface area contributed by atoms with E-state index in [9.17, 15) is 4.79 Å². The topological polar surface area (TPSA) is 42.0 Å². The molecule has 1 aromatic carbocycles. The summed E-state index contributed by atoms with van der Waals surface area (Å²) in [6.45, 7) is 2.52. The molecule has 0 fully saturated rings. The second-order valence-electron chi connectivity index (χ2n) is 4.48. The van der Waals surface area contributed by atoms with Gasteiger partial charge in [0.2, 0.25) is 0 Å². The van der Waals surface area contributed by atoms with Gasteiger partial charge in [0.1, 0.15) is 0 Å². The fraction of sp³-hybridized carbons (Fsp3) is 0.250. The first kappa shape index (κ1) is 14.5. The molecule has 1 heterocycles. The van der Waals surface area contributed by atoms with Gasteiger partial charge in [0.25, 0.3) is 5.91 Å². The predicted molar refractivity (Wildman–Crippen MR) is 80.8 cm³/mol. The normalized spacial score (nSPS) is 10.3. The third kappa shape index (κ3) is 3.58. The summed E-state index contributed by atoms with van der Waals surface area (Å²) in [5.41, 5.74) is 3.71. The molecule has 20 heavy (non-hydrogen) atoms. The van der Waals surface area contributed by atoms with E-state index in [1.54, 1.807) is 18.3 Å². The number of pyridine rings is 1. The molecular formula is C16H17ClN2O. The fourth-order valence-corrected chi connectivity index (χ4v) is 2.14. The Labute approximate surface area is 124 Å². The van der Waals surface area contributed by atoms with E-state index in [2.05, 4.69) is 17.2 Å². The second-order valence-corrected chi connectivity index (χ2v) is 4.74. The van der Waals surface area contributed by atoms with Crippen LogP contribution < -0.4 is 5.32 Å². The summed E-state index contributed by atoms with van der Waals surface area (Å²) in [5, 5.41) is 2.89. The Bertz CT molecular complexity index is 581. The van der Waals surface area contributed by atoms with Crippen LogP contribution in [0, 0.1) is 0 Å². The van der Waals surface area contributed by atoms with Crippen molar-refractivity contribution in [2.75, 3.05) is 0 Å². The van der Waals surface area contributed by atoms with E-state index in [1.807, 2.05) is 24.3 Å². The van der Waals surface area contributed by atoms with Crippen molar-refractivity contribution in [1.29, 1.82) is 0 Å². The average Bonchev–Trinajstić information content (AvgIpc) is 2.53. The van der Waals surface area contributed by atoms with E-state index in [1.165, 1.54) is 0 Å². The Morgan fingerprint density at radius 2 is 2.00 bits per heavy atom. The van der Waals surface area contributed by atoms with Crippen LogP contribution in [0.4, 0.5) is 0 Å². The molecule has 0 unspecified atom stereocenters. The molecule has 0 aliphatic rings. The van der Waals surface area contributed by atoms with Gasteiger partial charge < -0.3 is 5.32 Å². The number of amides is 1. The van der Waals surface area contributed by atoms with E-state index in [0.717, 1.165) is 23.2 Å². The molecule has 0 aliphatic heterocycles. The number of hydrogen-bond acceptors (Lipinski definition) is 2. The zero-order chi connectivity index (χ0) is 14.4. The summed E-state index contributed by atoms with van der Waals surface area (Å²) in [7, 11) is 0. The first-order valence-corrected chi connectivity index (χ1v) is 7.14. The maximum absolute atomic E-state index is 12.0. The predicted octanol–water partition coefficient (Wildman–Crippen LogP) is 3.31. The van der Waals surface area contributed by atoms with Gasteiger partial charge in [-0.15, -0.1) is 11.6 Å². The lowest BCUT2D eigenvalue weighted by Crippen LogP contribution is -2.24. The molecule has 0 radical (unpaired) electrons. The summed E-state index contributed by atoms with van der Waals surface area (Å²) in [4.78, 5) is 16.4. The molecule has 0 saturated heterocycles. The summed E-state index contributed by atoms with van der Waals surface area (Å²) < 4.78 is 0. The number of halogens is 1. The van der Waals surface area contributed by atoms with E-state index in [0.29, 0.717) is 18.0 Å². The third-order valence-electron chi connectivity index (χ3n) is 3.15.